The summed E-state index contributed by atoms with van der Waals surface area (Å²) in [7, 11) is 0. The van der Waals surface area contributed by atoms with Crippen molar-refractivity contribution in [2.75, 3.05) is 0 Å². The van der Waals surface area contributed by atoms with E-state index in [9.17, 15) is 14.9 Å². The molecule has 0 aromatic carbocycles. The van der Waals surface area contributed by atoms with Crippen LogP contribution < -0.4 is 0 Å². The predicted octanol–water partition coefficient (Wildman–Crippen LogP) is 2.21. The number of unbranched alkanes of at least 4 members (excludes halogenated alkanes) is 1. The van der Waals surface area contributed by atoms with E-state index in [0.29, 0.717) is 19.4 Å². The zero-order valence-electron chi connectivity index (χ0n) is 11.4. The van der Waals surface area contributed by atoms with Crippen molar-refractivity contribution >= 4 is 11.7 Å². The Balaban J connectivity index is 2.62. The molecule has 8 heteroatoms. The van der Waals surface area contributed by atoms with Gasteiger partial charge in [0.1, 0.15) is 6.20 Å². The Hall–Kier alpha value is -2.43. The van der Waals surface area contributed by atoms with Gasteiger partial charge in [0.15, 0.2) is 0 Å². The molecule has 108 valence electrons. The van der Waals surface area contributed by atoms with E-state index in [0.717, 1.165) is 12.6 Å². The monoisotopic (exact) mass is 280 g/mol. The minimum atomic E-state index is -1.42. The van der Waals surface area contributed by atoms with Gasteiger partial charge in [-0.05, 0) is 26.7 Å². The SMILES string of the molecule is CC(C)(C#N)CCCCn1cc([N+](=O)[O-])c(C(=O)O)n1. The maximum absolute atomic E-state index is 10.8. The lowest BCUT2D eigenvalue weighted by molar-refractivity contribution is -0.385. The first-order valence-electron chi connectivity index (χ1n) is 6.13. The summed E-state index contributed by atoms with van der Waals surface area (Å²) in [5.41, 5.74) is -1.45. The fourth-order valence-corrected chi connectivity index (χ4v) is 1.71. The van der Waals surface area contributed by atoms with Crippen LogP contribution in [0.4, 0.5) is 5.69 Å². The standard InChI is InChI=1S/C12H16N4O4/c1-12(2,8-13)5-3-4-6-15-7-9(16(19)20)10(14-15)11(17)18/h7H,3-6H2,1-2H3,(H,17,18). The number of rotatable bonds is 7. The highest BCUT2D eigenvalue weighted by Gasteiger charge is 2.25. The number of nitrogens with zero attached hydrogens (tertiary/aromatic N) is 4. The second-order valence-corrected chi connectivity index (χ2v) is 5.14. The third kappa shape index (κ3) is 4.05. The average Bonchev–Trinajstić information content (AvgIpc) is 2.79. The summed E-state index contributed by atoms with van der Waals surface area (Å²) in [5.74, 6) is -1.42. The van der Waals surface area contributed by atoms with E-state index in [1.807, 2.05) is 13.8 Å². The Bertz CT molecular complexity index is 525. The van der Waals surface area contributed by atoms with Crippen LogP contribution in [0, 0.1) is 26.9 Å². The molecule has 0 aliphatic rings. The van der Waals surface area contributed by atoms with E-state index in [-0.39, 0.29) is 0 Å². The maximum atomic E-state index is 10.8. The first-order valence-corrected chi connectivity index (χ1v) is 6.13. The molecule has 1 N–H and O–H groups in total. The van der Waals surface area contributed by atoms with Crippen LogP contribution in [0.3, 0.4) is 0 Å². The number of carboxylic acids is 1. The van der Waals surface area contributed by atoms with Gasteiger partial charge < -0.3 is 5.11 Å². The van der Waals surface area contributed by atoms with Crippen molar-refractivity contribution in [1.29, 1.82) is 5.26 Å². The fraction of sp³-hybridized carbons (Fsp3) is 0.583. The van der Waals surface area contributed by atoms with Crippen LogP contribution in [-0.4, -0.2) is 25.8 Å². The summed E-state index contributed by atoms with van der Waals surface area (Å²) in [6, 6.07) is 2.19. The fourth-order valence-electron chi connectivity index (χ4n) is 1.71. The van der Waals surface area contributed by atoms with Crippen LogP contribution in [0.5, 0.6) is 0 Å². The van der Waals surface area contributed by atoms with E-state index in [2.05, 4.69) is 11.2 Å². The van der Waals surface area contributed by atoms with Crippen molar-refractivity contribution in [2.24, 2.45) is 5.41 Å². The molecule has 0 spiro atoms. The number of carboxylic acid groups (broad SMARTS) is 1. The molecule has 0 unspecified atom stereocenters. The minimum Gasteiger partial charge on any atom is -0.476 e. The third-order valence-electron chi connectivity index (χ3n) is 2.88. The summed E-state index contributed by atoms with van der Waals surface area (Å²) in [4.78, 5) is 20.8. The molecule has 0 saturated carbocycles. The number of aromatic nitrogens is 2. The third-order valence-corrected chi connectivity index (χ3v) is 2.88. The van der Waals surface area contributed by atoms with Crippen molar-refractivity contribution in [3.63, 3.8) is 0 Å². The largest absolute Gasteiger partial charge is 0.476 e. The van der Waals surface area contributed by atoms with Crippen molar-refractivity contribution in [3.8, 4) is 6.07 Å². The molecular formula is C12H16N4O4. The molecule has 0 bridgehead atoms. The quantitative estimate of drug-likeness (QED) is 0.464. The summed E-state index contributed by atoms with van der Waals surface area (Å²) >= 11 is 0. The van der Waals surface area contributed by atoms with E-state index < -0.39 is 27.7 Å². The second kappa shape index (κ2) is 6.14. The molecule has 8 nitrogen and oxygen atoms in total. The van der Waals surface area contributed by atoms with Crippen molar-refractivity contribution in [1.82, 2.24) is 9.78 Å². The smallest absolute Gasteiger partial charge is 0.363 e. The molecule has 1 aromatic heterocycles. The molecule has 0 radical (unpaired) electrons. The second-order valence-electron chi connectivity index (χ2n) is 5.14. The van der Waals surface area contributed by atoms with Gasteiger partial charge in [-0.15, -0.1) is 0 Å². The van der Waals surface area contributed by atoms with Gasteiger partial charge in [0.25, 0.3) is 0 Å². The summed E-state index contributed by atoms with van der Waals surface area (Å²) in [6.45, 7) is 4.07. The lowest BCUT2D eigenvalue weighted by Gasteiger charge is -2.13. The molecule has 0 amide bonds. The average molecular weight is 280 g/mol. The summed E-state index contributed by atoms with van der Waals surface area (Å²) in [5, 5.41) is 32.1. The molecule has 1 rings (SSSR count). The number of aryl methyl sites for hydroxylation is 1. The lowest BCUT2D eigenvalue weighted by Crippen LogP contribution is -2.08. The van der Waals surface area contributed by atoms with Crippen LogP contribution in [0.25, 0.3) is 0 Å². The van der Waals surface area contributed by atoms with Crippen LogP contribution in [0.1, 0.15) is 43.6 Å². The lowest BCUT2D eigenvalue weighted by atomic mass is 9.89. The Morgan fingerprint density at radius 1 is 1.60 bits per heavy atom. The van der Waals surface area contributed by atoms with Gasteiger partial charge in [0.2, 0.25) is 5.69 Å². The van der Waals surface area contributed by atoms with E-state index in [1.165, 1.54) is 4.68 Å². The van der Waals surface area contributed by atoms with Gasteiger partial charge in [-0.3, -0.25) is 14.8 Å². The zero-order chi connectivity index (χ0) is 15.3. The summed E-state index contributed by atoms with van der Waals surface area (Å²) < 4.78 is 1.26. The Morgan fingerprint density at radius 3 is 2.70 bits per heavy atom. The number of aromatic carboxylic acids is 1. The highest BCUT2D eigenvalue weighted by atomic mass is 16.6. The first kappa shape index (κ1) is 15.6. The first-order chi connectivity index (χ1) is 9.26. The van der Waals surface area contributed by atoms with Gasteiger partial charge in [-0.2, -0.15) is 10.4 Å². The van der Waals surface area contributed by atoms with Crippen molar-refractivity contribution in [3.05, 3.63) is 22.0 Å². The predicted molar refractivity (Wildman–Crippen MR) is 69.1 cm³/mol. The number of hydrogen-bond donors (Lipinski definition) is 1. The molecule has 0 saturated heterocycles. The Labute approximate surface area is 115 Å². The summed E-state index contributed by atoms with van der Waals surface area (Å²) in [6.07, 6.45) is 3.26. The van der Waals surface area contributed by atoms with Gasteiger partial charge in [0, 0.05) is 6.54 Å². The molecule has 20 heavy (non-hydrogen) atoms. The highest BCUT2D eigenvalue weighted by molar-refractivity contribution is 5.89. The normalized spacial score (nSPS) is 11.1. The zero-order valence-corrected chi connectivity index (χ0v) is 11.4. The molecule has 0 aliphatic carbocycles. The van der Waals surface area contributed by atoms with Crippen LogP contribution in [0.15, 0.2) is 6.20 Å². The Morgan fingerprint density at radius 2 is 2.25 bits per heavy atom. The topological polar surface area (TPSA) is 122 Å². The number of carbonyl (C=O) groups is 1. The van der Waals surface area contributed by atoms with E-state index >= 15 is 0 Å². The van der Waals surface area contributed by atoms with Gasteiger partial charge in [-0.25, -0.2) is 4.79 Å². The van der Waals surface area contributed by atoms with Gasteiger partial charge in [0.05, 0.1) is 16.4 Å². The van der Waals surface area contributed by atoms with E-state index in [1.54, 1.807) is 0 Å². The molecule has 1 heterocycles. The Kier molecular flexibility index (Phi) is 4.80. The van der Waals surface area contributed by atoms with E-state index in [4.69, 9.17) is 10.4 Å². The molecule has 0 fully saturated rings. The van der Waals surface area contributed by atoms with Crippen molar-refractivity contribution in [2.45, 2.75) is 39.7 Å². The number of nitriles is 1. The van der Waals surface area contributed by atoms with Crippen LogP contribution in [0.2, 0.25) is 0 Å². The highest BCUT2D eigenvalue weighted by Crippen LogP contribution is 2.22. The molecule has 0 aliphatic heterocycles. The molecular weight excluding hydrogens is 264 g/mol. The van der Waals surface area contributed by atoms with Crippen LogP contribution >= 0.6 is 0 Å². The van der Waals surface area contributed by atoms with Crippen molar-refractivity contribution < 1.29 is 14.8 Å². The van der Waals surface area contributed by atoms with Crippen LogP contribution in [-0.2, 0) is 6.54 Å². The number of nitro groups is 1. The molecule has 1 aromatic rings. The van der Waals surface area contributed by atoms with Gasteiger partial charge in [-0.1, -0.05) is 6.42 Å². The maximum Gasteiger partial charge on any atom is 0.363 e. The van der Waals surface area contributed by atoms with Gasteiger partial charge >= 0.3 is 11.7 Å². The molecule has 0 atom stereocenters. The minimum absolute atomic E-state index is 0.385. The number of hydrogen-bond acceptors (Lipinski definition) is 5.